The van der Waals surface area contributed by atoms with E-state index in [1.165, 1.54) is 6.92 Å². The highest BCUT2D eigenvalue weighted by Crippen LogP contribution is 2.17. The molecule has 6 heteroatoms. The van der Waals surface area contributed by atoms with E-state index in [1.54, 1.807) is 0 Å². The quantitative estimate of drug-likeness (QED) is 0.764. The largest absolute Gasteiger partial charge is 0.468 e. The van der Waals surface area contributed by atoms with Crippen LogP contribution in [0.2, 0.25) is 0 Å². The summed E-state index contributed by atoms with van der Waals surface area (Å²) < 4.78 is 42.2. The number of hydrogen-bond acceptors (Lipinski definition) is 3. The lowest BCUT2D eigenvalue weighted by molar-refractivity contribution is -0.139. The number of esters is 1. The van der Waals surface area contributed by atoms with E-state index in [0.29, 0.717) is 0 Å². The van der Waals surface area contributed by atoms with E-state index in [1.807, 2.05) is 0 Å². The molecule has 3 nitrogen and oxygen atoms in total. The van der Waals surface area contributed by atoms with E-state index in [4.69, 9.17) is 0 Å². The first-order valence-electron chi connectivity index (χ1n) is 4.41. The van der Waals surface area contributed by atoms with Crippen LogP contribution >= 0.6 is 0 Å². The number of benzene rings is 1. The molecule has 88 valence electrons. The second-order valence-electron chi connectivity index (χ2n) is 3.04. The Morgan fingerprint density at radius 2 is 2.06 bits per heavy atom. The molecule has 0 saturated carbocycles. The van der Waals surface area contributed by atoms with Gasteiger partial charge in [-0.3, -0.25) is 9.00 Å². The van der Waals surface area contributed by atoms with Crippen molar-refractivity contribution >= 4 is 16.8 Å². The van der Waals surface area contributed by atoms with Crippen LogP contribution in [0.15, 0.2) is 23.1 Å². The van der Waals surface area contributed by atoms with Gasteiger partial charge in [-0.25, -0.2) is 8.78 Å². The van der Waals surface area contributed by atoms with E-state index in [-0.39, 0.29) is 4.90 Å². The van der Waals surface area contributed by atoms with Gasteiger partial charge in [0.05, 0.1) is 22.8 Å². The number of hydrogen-bond donors (Lipinski definition) is 0. The van der Waals surface area contributed by atoms with Gasteiger partial charge < -0.3 is 4.74 Å². The molecule has 0 fully saturated rings. The number of halogens is 2. The molecule has 0 heterocycles. The number of carbonyl (C=O) groups excluding carboxylic acids is 1. The van der Waals surface area contributed by atoms with Gasteiger partial charge >= 0.3 is 5.97 Å². The minimum absolute atomic E-state index is 0.335. The van der Waals surface area contributed by atoms with Gasteiger partial charge in [-0.15, -0.1) is 0 Å². The van der Waals surface area contributed by atoms with Crippen molar-refractivity contribution in [1.82, 2.24) is 0 Å². The molecule has 0 N–H and O–H groups in total. The molecule has 16 heavy (non-hydrogen) atoms. The molecule has 2 atom stereocenters. The monoisotopic (exact) mass is 248 g/mol. The molecule has 2 unspecified atom stereocenters. The zero-order chi connectivity index (χ0) is 12.3. The van der Waals surface area contributed by atoms with Crippen molar-refractivity contribution in [3.8, 4) is 0 Å². The van der Waals surface area contributed by atoms with Crippen LogP contribution in [-0.2, 0) is 20.3 Å². The number of methoxy groups -OCH3 is 1. The lowest BCUT2D eigenvalue weighted by atomic mass is 10.3. The molecule has 0 aliphatic carbocycles. The Morgan fingerprint density at radius 1 is 1.44 bits per heavy atom. The standard InChI is InChI=1S/C10H10F2O3S/c1-6(10(13)15-2)16(14)9-5-7(11)3-4-8(9)12/h3-6H,1-2H3. The highest BCUT2D eigenvalue weighted by Gasteiger charge is 2.24. The fourth-order valence-corrected chi connectivity index (χ4v) is 2.22. The van der Waals surface area contributed by atoms with Gasteiger partial charge in [0, 0.05) is 0 Å². The van der Waals surface area contributed by atoms with Gasteiger partial charge in [0.2, 0.25) is 0 Å². The molecule has 1 aromatic carbocycles. The number of rotatable bonds is 3. The van der Waals surface area contributed by atoms with Crippen LogP contribution in [0.4, 0.5) is 8.78 Å². The van der Waals surface area contributed by atoms with Crippen LogP contribution in [0.1, 0.15) is 6.92 Å². The predicted octanol–water partition coefficient (Wildman–Crippen LogP) is 1.63. The number of ether oxygens (including phenoxy) is 1. The zero-order valence-electron chi connectivity index (χ0n) is 8.70. The molecule has 0 aliphatic rings. The Bertz CT molecular complexity index is 434. The topological polar surface area (TPSA) is 43.4 Å². The third kappa shape index (κ3) is 2.63. The fourth-order valence-electron chi connectivity index (χ4n) is 1.08. The third-order valence-electron chi connectivity index (χ3n) is 1.96. The summed E-state index contributed by atoms with van der Waals surface area (Å²) >= 11 is 0. The smallest absolute Gasteiger partial charge is 0.321 e. The molecule has 0 amide bonds. The normalized spacial score (nSPS) is 14.2. The Hall–Kier alpha value is -1.30. The average molecular weight is 248 g/mol. The van der Waals surface area contributed by atoms with E-state index in [0.717, 1.165) is 25.3 Å². The van der Waals surface area contributed by atoms with Crippen LogP contribution in [0.25, 0.3) is 0 Å². The SMILES string of the molecule is COC(=O)C(C)S(=O)c1cc(F)ccc1F. The van der Waals surface area contributed by atoms with Crippen molar-refractivity contribution in [1.29, 1.82) is 0 Å². The maximum absolute atomic E-state index is 13.2. The van der Waals surface area contributed by atoms with E-state index < -0.39 is 33.7 Å². The summed E-state index contributed by atoms with van der Waals surface area (Å²) in [6.07, 6.45) is 0. The van der Waals surface area contributed by atoms with E-state index in [2.05, 4.69) is 4.74 Å². The fraction of sp³-hybridized carbons (Fsp3) is 0.300. The summed E-state index contributed by atoms with van der Waals surface area (Å²) in [5, 5.41) is -1.04. The number of carbonyl (C=O) groups is 1. The van der Waals surface area contributed by atoms with Gasteiger partial charge in [-0.2, -0.15) is 0 Å². The Balaban J connectivity index is 3.05. The Labute approximate surface area is 93.9 Å². The minimum Gasteiger partial charge on any atom is -0.468 e. The van der Waals surface area contributed by atoms with Crippen LogP contribution in [-0.4, -0.2) is 22.5 Å². The second-order valence-corrected chi connectivity index (χ2v) is 4.78. The van der Waals surface area contributed by atoms with Crippen molar-refractivity contribution in [2.45, 2.75) is 17.1 Å². The molecule has 0 saturated heterocycles. The summed E-state index contributed by atoms with van der Waals surface area (Å²) in [4.78, 5) is 10.8. The van der Waals surface area contributed by atoms with Crippen molar-refractivity contribution in [2.24, 2.45) is 0 Å². The average Bonchev–Trinajstić information content (AvgIpc) is 2.29. The van der Waals surface area contributed by atoms with Crippen molar-refractivity contribution in [3.63, 3.8) is 0 Å². The van der Waals surface area contributed by atoms with Gasteiger partial charge in [-0.05, 0) is 25.1 Å². The van der Waals surface area contributed by atoms with Crippen LogP contribution in [0, 0.1) is 11.6 Å². The Kier molecular flexibility index (Phi) is 4.12. The van der Waals surface area contributed by atoms with Gasteiger partial charge in [-0.1, -0.05) is 0 Å². The summed E-state index contributed by atoms with van der Waals surface area (Å²) in [7, 11) is -0.833. The first kappa shape index (κ1) is 12.8. The van der Waals surface area contributed by atoms with Crippen LogP contribution in [0.3, 0.4) is 0 Å². The van der Waals surface area contributed by atoms with Gasteiger partial charge in [0.15, 0.2) is 0 Å². The van der Waals surface area contributed by atoms with Crippen LogP contribution < -0.4 is 0 Å². The lowest BCUT2D eigenvalue weighted by Crippen LogP contribution is -2.24. The summed E-state index contributed by atoms with van der Waals surface area (Å²) in [5.41, 5.74) is 0. The Morgan fingerprint density at radius 3 is 2.62 bits per heavy atom. The summed E-state index contributed by atoms with van der Waals surface area (Å²) in [6, 6.07) is 2.59. The van der Waals surface area contributed by atoms with Crippen molar-refractivity contribution in [2.75, 3.05) is 7.11 Å². The predicted molar refractivity (Wildman–Crippen MR) is 54.2 cm³/mol. The molecule has 0 aromatic heterocycles. The molecular formula is C10H10F2O3S. The van der Waals surface area contributed by atoms with E-state index >= 15 is 0 Å². The minimum atomic E-state index is -1.97. The molecular weight excluding hydrogens is 238 g/mol. The van der Waals surface area contributed by atoms with Crippen molar-refractivity contribution < 1.29 is 22.5 Å². The maximum Gasteiger partial charge on any atom is 0.321 e. The molecule has 1 rings (SSSR count). The molecule has 0 spiro atoms. The van der Waals surface area contributed by atoms with Crippen LogP contribution in [0.5, 0.6) is 0 Å². The molecule has 0 radical (unpaired) electrons. The maximum atomic E-state index is 13.2. The van der Waals surface area contributed by atoms with Gasteiger partial charge in [0.1, 0.15) is 16.9 Å². The zero-order valence-corrected chi connectivity index (χ0v) is 9.51. The first-order valence-corrected chi connectivity index (χ1v) is 5.62. The molecule has 0 aliphatic heterocycles. The summed E-state index contributed by atoms with van der Waals surface area (Å²) in [6.45, 7) is 1.33. The van der Waals surface area contributed by atoms with Gasteiger partial charge in [0.25, 0.3) is 0 Å². The highest BCUT2D eigenvalue weighted by atomic mass is 32.2. The van der Waals surface area contributed by atoms with Crippen molar-refractivity contribution in [3.05, 3.63) is 29.8 Å². The third-order valence-corrected chi connectivity index (χ3v) is 3.55. The molecule has 1 aromatic rings. The van der Waals surface area contributed by atoms with E-state index in [9.17, 15) is 17.8 Å². The second kappa shape index (κ2) is 5.16. The first-order chi connectivity index (χ1) is 7.47. The molecule has 0 bridgehead atoms. The lowest BCUT2D eigenvalue weighted by Gasteiger charge is -2.09. The highest BCUT2D eigenvalue weighted by molar-refractivity contribution is 7.86. The summed E-state index contributed by atoms with van der Waals surface area (Å²) in [5.74, 6) is -2.25.